The monoisotopic (exact) mass is 309 g/mol. The minimum absolute atomic E-state index is 0.102. The van der Waals surface area contributed by atoms with E-state index in [1.165, 1.54) is 22.9 Å². The minimum Gasteiger partial charge on any atom is -0.481 e. The van der Waals surface area contributed by atoms with Crippen molar-refractivity contribution in [2.24, 2.45) is 5.92 Å². The maximum Gasteiger partial charge on any atom is 0.308 e. The molecule has 0 aliphatic heterocycles. The fourth-order valence-corrected chi connectivity index (χ4v) is 2.71. The van der Waals surface area contributed by atoms with Gasteiger partial charge in [0, 0.05) is 12.3 Å². The standard InChI is InChI=1S/C16H23NO3S/c1-3-4-14(16(19)20)9-17-15(18)11-21-10-13-7-5-12(2)6-8-13/h5-8,14H,3-4,9-11H2,1-2H3,(H,17,18)(H,19,20). The van der Waals surface area contributed by atoms with Crippen molar-refractivity contribution in [1.29, 1.82) is 0 Å². The lowest BCUT2D eigenvalue weighted by Gasteiger charge is -2.12. The molecular weight excluding hydrogens is 286 g/mol. The second-order valence-electron chi connectivity index (χ2n) is 5.11. The molecular formula is C16H23NO3S. The highest BCUT2D eigenvalue weighted by Crippen LogP contribution is 2.13. The number of carbonyl (C=O) groups is 2. The van der Waals surface area contributed by atoms with Gasteiger partial charge in [0.05, 0.1) is 11.7 Å². The van der Waals surface area contributed by atoms with E-state index in [0.29, 0.717) is 12.2 Å². The molecule has 0 aromatic heterocycles. The van der Waals surface area contributed by atoms with Gasteiger partial charge < -0.3 is 10.4 Å². The van der Waals surface area contributed by atoms with Crippen molar-refractivity contribution in [3.8, 4) is 0 Å². The minimum atomic E-state index is -0.843. The average Bonchev–Trinajstić information content (AvgIpc) is 2.45. The summed E-state index contributed by atoms with van der Waals surface area (Å²) >= 11 is 1.53. The van der Waals surface area contributed by atoms with Gasteiger partial charge in [-0.3, -0.25) is 9.59 Å². The molecule has 0 saturated carbocycles. The van der Waals surface area contributed by atoms with Gasteiger partial charge in [-0.25, -0.2) is 0 Å². The molecule has 1 aromatic carbocycles. The van der Waals surface area contributed by atoms with Gasteiger partial charge in [0.1, 0.15) is 0 Å². The molecule has 0 spiro atoms. The van der Waals surface area contributed by atoms with Gasteiger partial charge in [0.25, 0.3) is 0 Å². The molecule has 21 heavy (non-hydrogen) atoms. The second-order valence-corrected chi connectivity index (χ2v) is 6.09. The van der Waals surface area contributed by atoms with Crippen LogP contribution in [-0.4, -0.2) is 29.3 Å². The Morgan fingerprint density at radius 2 is 1.95 bits per heavy atom. The Morgan fingerprint density at radius 1 is 1.29 bits per heavy atom. The van der Waals surface area contributed by atoms with E-state index in [9.17, 15) is 9.59 Å². The Bertz CT molecular complexity index is 459. The van der Waals surface area contributed by atoms with Crippen LogP contribution in [0.5, 0.6) is 0 Å². The Hall–Kier alpha value is -1.49. The Labute approximate surface area is 130 Å². The Morgan fingerprint density at radius 3 is 2.52 bits per heavy atom. The lowest BCUT2D eigenvalue weighted by atomic mass is 10.0. The van der Waals surface area contributed by atoms with E-state index in [4.69, 9.17) is 5.11 Å². The number of aliphatic carboxylic acids is 1. The van der Waals surface area contributed by atoms with Gasteiger partial charge in [-0.1, -0.05) is 43.2 Å². The van der Waals surface area contributed by atoms with E-state index in [2.05, 4.69) is 29.6 Å². The number of carboxylic acids is 1. The summed E-state index contributed by atoms with van der Waals surface area (Å²) in [6, 6.07) is 8.22. The number of amides is 1. The van der Waals surface area contributed by atoms with Crippen molar-refractivity contribution < 1.29 is 14.7 Å². The fraction of sp³-hybridized carbons (Fsp3) is 0.500. The zero-order valence-electron chi connectivity index (χ0n) is 12.6. The first kappa shape index (κ1) is 17.6. The first-order chi connectivity index (χ1) is 10.0. The van der Waals surface area contributed by atoms with Crippen LogP contribution in [0.25, 0.3) is 0 Å². The lowest BCUT2D eigenvalue weighted by molar-refractivity contribution is -0.141. The SMILES string of the molecule is CCCC(CNC(=O)CSCc1ccc(C)cc1)C(=O)O. The highest BCUT2D eigenvalue weighted by Gasteiger charge is 2.16. The van der Waals surface area contributed by atoms with E-state index in [0.717, 1.165) is 12.2 Å². The molecule has 1 atom stereocenters. The highest BCUT2D eigenvalue weighted by atomic mass is 32.2. The third-order valence-corrected chi connectivity index (χ3v) is 4.16. The fourth-order valence-electron chi connectivity index (χ4n) is 1.90. The van der Waals surface area contributed by atoms with Gasteiger partial charge in [0.15, 0.2) is 0 Å². The van der Waals surface area contributed by atoms with E-state index < -0.39 is 11.9 Å². The third-order valence-electron chi connectivity index (χ3n) is 3.15. The number of hydrogen-bond acceptors (Lipinski definition) is 3. The molecule has 0 fully saturated rings. The molecule has 1 aromatic rings. The third kappa shape index (κ3) is 7.18. The van der Waals surface area contributed by atoms with Crippen LogP contribution in [0.1, 0.15) is 30.9 Å². The van der Waals surface area contributed by atoms with E-state index in [-0.39, 0.29) is 12.5 Å². The first-order valence-electron chi connectivity index (χ1n) is 7.15. The number of rotatable bonds is 9. The van der Waals surface area contributed by atoms with Crippen LogP contribution in [0.15, 0.2) is 24.3 Å². The average molecular weight is 309 g/mol. The summed E-state index contributed by atoms with van der Waals surface area (Å²) in [5, 5.41) is 11.7. The predicted molar refractivity (Wildman–Crippen MR) is 86.4 cm³/mol. The van der Waals surface area contributed by atoms with Crippen LogP contribution in [0.4, 0.5) is 0 Å². The van der Waals surface area contributed by atoms with Crippen LogP contribution < -0.4 is 5.32 Å². The summed E-state index contributed by atoms with van der Waals surface area (Å²) in [6.07, 6.45) is 1.39. The van der Waals surface area contributed by atoms with Crippen LogP contribution >= 0.6 is 11.8 Å². The van der Waals surface area contributed by atoms with Gasteiger partial charge in [-0.2, -0.15) is 0 Å². The molecule has 0 aliphatic carbocycles. The molecule has 5 heteroatoms. The molecule has 0 bridgehead atoms. The Balaban J connectivity index is 2.24. The largest absolute Gasteiger partial charge is 0.481 e. The summed E-state index contributed by atoms with van der Waals surface area (Å²) in [5.74, 6) is -0.294. The highest BCUT2D eigenvalue weighted by molar-refractivity contribution is 7.99. The molecule has 0 radical (unpaired) electrons. The lowest BCUT2D eigenvalue weighted by Crippen LogP contribution is -2.33. The second kappa shape index (κ2) is 9.45. The summed E-state index contributed by atoms with van der Waals surface area (Å²) in [6.45, 7) is 4.20. The van der Waals surface area contributed by atoms with E-state index >= 15 is 0 Å². The van der Waals surface area contributed by atoms with Crippen molar-refractivity contribution in [2.75, 3.05) is 12.3 Å². The molecule has 116 valence electrons. The summed E-state index contributed by atoms with van der Waals surface area (Å²) in [7, 11) is 0. The quantitative estimate of drug-likeness (QED) is 0.736. The zero-order valence-corrected chi connectivity index (χ0v) is 13.4. The van der Waals surface area contributed by atoms with Gasteiger partial charge in [-0.05, 0) is 18.9 Å². The van der Waals surface area contributed by atoms with E-state index in [1.54, 1.807) is 0 Å². The van der Waals surface area contributed by atoms with Crippen LogP contribution in [-0.2, 0) is 15.3 Å². The summed E-state index contributed by atoms with van der Waals surface area (Å²) in [4.78, 5) is 22.7. The number of carboxylic acid groups (broad SMARTS) is 1. The van der Waals surface area contributed by atoms with Gasteiger partial charge in [-0.15, -0.1) is 11.8 Å². The molecule has 1 rings (SSSR count). The molecule has 1 unspecified atom stereocenters. The molecule has 1 amide bonds. The van der Waals surface area contributed by atoms with E-state index in [1.807, 2.05) is 13.8 Å². The van der Waals surface area contributed by atoms with Crippen molar-refractivity contribution in [3.63, 3.8) is 0 Å². The number of benzene rings is 1. The maximum absolute atomic E-state index is 11.7. The molecule has 4 nitrogen and oxygen atoms in total. The first-order valence-corrected chi connectivity index (χ1v) is 8.31. The Kier molecular flexibility index (Phi) is 7.90. The number of nitrogens with one attached hydrogen (secondary N) is 1. The normalized spacial score (nSPS) is 11.9. The topological polar surface area (TPSA) is 66.4 Å². The number of thioether (sulfide) groups is 1. The maximum atomic E-state index is 11.7. The van der Waals surface area contributed by atoms with Crippen LogP contribution in [0, 0.1) is 12.8 Å². The van der Waals surface area contributed by atoms with Crippen molar-refractivity contribution in [1.82, 2.24) is 5.32 Å². The van der Waals surface area contributed by atoms with Crippen molar-refractivity contribution in [3.05, 3.63) is 35.4 Å². The summed E-state index contributed by atoms with van der Waals surface area (Å²) in [5.41, 5.74) is 2.41. The van der Waals surface area contributed by atoms with Crippen LogP contribution in [0.3, 0.4) is 0 Å². The van der Waals surface area contributed by atoms with Crippen LogP contribution in [0.2, 0.25) is 0 Å². The van der Waals surface area contributed by atoms with Gasteiger partial charge in [0.2, 0.25) is 5.91 Å². The number of aryl methyl sites for hydroxylation is 1. The number of carbonyl (C=O) groups excluding carboxylic acids is 1. The predicted octanol–water partition coefficient (Wildman–Crippen LogP) is 2.85. The summed E-state index contributed by atoms with van der Waals surface area (Å²) < 4.78 is 0. The molecule has 0 heterocycles. The smallest absolute Gasteiger partial charge is 0.308 e. The van der Waals surface area contributed by atoms with Crippen molar-refractivity contribution in [2.45, 2.75) is 32.4 Å². The molecule has 0 aliphatic rings. The number of hydrogen-bond donors (Lipinski definition) is 2. The van der Waals surface area contributed by atoms with Crippen molar-refractivity contribution >= 4 is 23.6 Å². The zero-order chi connectivity index (χ0) is 15.7. The molecule has 0 saturated heterocycles. The molecule has 2 N–H and O–H groups in total. The van der Waals surface area contributed by atoms with Gasteiger partial charge >= 0.3 is 5.97 Å².